The van der Waals surface area contributed by atoms with Gasteiger partial charge < -0.3 is 9.88 Å². The van der Waals surface area contributed by atoms with Crippen LogP contribution in [-0.4, -0.2) is 26.8 Å². The predicted molar refractivity (Wildman–Crippen MR) is 97.0 cm³/mol. The molecule has 1 aromatic carbocycles. The molecule has 1 unspecified atom stereocenters. The molecular formula is C20H25N3O2. The zero-order chi connectivity index (χ0) is 17.6. The van der Waals surface area contributed by atoms with E-state index in [0.717, 1.165) is 0 Å². The second kappa shape index (κ2) is 6.28. The summed E-state index contributed by atoms with van der Waals surface area (Å²) in [6.45, 7) is 4.43. The molecule has 4 rings (SSSR count). The lowest BCUT2D eigenvalue weighted by atomic mass is 10.0. The van der Waals surface area contributed by atoms with Gasteiger partial charge in [0.1, 0.15) is 5.82 Å². The smallest absolute Gasteiger partial charge is 0.258 e. The van der Waals surface area contributed by atoms with Gasteiger partial charge in [0.2, 0.25) is 5.91 Å². The minimum atomic E-state index is -0.142. The number of carbonyl (C=O) groups is 1. The van der Waals surface area contributed by atoms with Crippen LogP contribution in [-0.2, 0) is 11.3 Å². The fraction of sp³-hybridized carbons (Fsp3) is 0.550. The van der Waals surface area contributed by atoms with E-state index in [2.05, 4.69) is 9.97 Å². The van der Waals surface area contributed by atoms with Gasteiger partial charge in [-0.25, -0.2) is 4.98 Å². The fourth-order valence-electron chi connectivity index (χ4n) is 4.44. The van der Waals surface area contributed by atoms with E-state index in [1.54, 1.807) is 6.07 Å². The topological polar surface area (TPSA) is 66.1 Å². The monoisotopic (exact) mass is 339 g/mol. The van der Waals surface area contributed by atoms with Crippen LogP contribution in [0.2, 0.25) is 0 Å². The van der Waals surface area contributed by atoms with Crippen molar-refractivity contribution in [1.82, 2.24) is 14.9 Å². The standard InChI is InChI=1S/C20H25N3O2/c1-12(2)23(20(25)18-13-7-3-4-8-14(13)18)11-17-21-16-10-6-5-9-15(16)19(24)22-17/h5-6,9-10,12-14,18H,3-4,7-8,11H2,1-2H3,(H,21,22,24)/t13-,14+,18?. The average molecular weight is 339 g/mol. The Labute approximate surface area is 147 Å². The molecule has 2 aliphatic carbocycles. The summed E-state index contributed by atoms with van der Waals surface area (Å²) in [4.78, 5) is 34.6. The van der Waals surface area contributed by atoms with Gasteiger partial charge in [-0.1, -0.05) is 25.0 Å². The van der Waals surface area contributed by atoms with Gasteiger partial charge in [0.15, 0.2) is 0 Å². The number of nitrogens with one attached hydrogen (secondary N) is 1. The van der Waals surface area contributed by atoms with E-state index in [0.29, 0.717) is 35.1 Å². The number of rotatable bonds is 4. The molecule has 5 nitrogen and oxygen atoms in total. The van der Waals surface area contributed by atoms with E-state index in [1.807, 2.05) is 36.9 Å². The van der Waals surface area contributed by atoms with E-state index >= 15 is 0 Å². The van der Waals surface area contributed by atoms with Crippen LogP contribution in [0.15, 0.2) is 29.1 Å². The first-order valence-electron chi connectivity index (χ1n) is 9.34. The molecule has 1 N–H and O–H groups in total. The van der Waals surface area contributed by atoms with Crippen molar-refractivity contribution in [3.05, 3.63) is 40.4 Å². The molecule has 0 aliphatic heterocycles. The van der Waals surface area contributed by atoms with Gasteiger partial charge >= 0.3 is 0 Å². The Kier molecular flexibility index (Phi) is 4.10. The number of para-hydroxylation sites is 1. The Hall–Kier alpha value is -2.17. The van der Waals surface area contributed by atoms with Crippen molar-refractivity contribution < 1.29 is 4.79 Å². The number of H-pyrrole nitrogens is 1. The van der Waals surface area contributed by atoms with Gasteiger partial charge in [0.25, 0.3) is 5.56 Å². The third kappa shape index (κ3) is 2.96. The van der Waals surface area contributed by atoms with Crippen molar-refractivity contribution in [2.24, 2.45) is 17.8 Å². The summed E-state index contributed by atoms with van der Waals surface area (Å²) >= 11 is 0. The van der Waals surface area contributed by atoms with E-state index in [1.165, 1.54) is 25.7 Å². The van der Waals surface area contributed by atoms with Gasteiger partial charge in [-0.3, -0.25) is 9.59 Å². The zero-order valence-electron chi connectivity index (χ0n) is 14.9. The number of hydrogen-bond acceptors (Lipinski definition) is 3. The first kappa shape index (κ1) is 16.3. The normalized spacial score (nSPS) is 25.0. The van der Waals surface area contributed by atoms with Crippen molar-refractivity contribution in [3.8, 4) is 0 Å². The summed E-state index contributed by atoms with van der Waals surface area (Å²) in [6, 6.07) is 7.40. The first-order valence-corrected chi connectivity index (χ1v) is 9.34. The lowest BCUT2D eigenvalue weighted by Gasteiger charge is -2.26. The summed E-state index contributed by atoms with van der Waals surface area (Å²) in [5.74, 6) is 2.17. The maximum Gasteiger partial charge on any atom is 0.258 e. The molecule has 2 fully saturated rings. The molecule has 3 atom stereocenters. The van der Waals surface area contributed by atoms with Crippen LogP contribution < -0.4 is 5.56 Å². The largest absolute Gasteiger partial charge is 0.333 e. The fourth-order valence-corrected chi connectivity index (χ4v) is 4.44. The molecule has 132 valence electrons. The Morgan fingerprint density at radius 3 is 2.60 bits per heavy atom. The summed E-state index contributed by atoms with van der Waals surface area (Å²) in [5.41, 5.74) is 0.536. The molecule has 1 heterocycles. The third-order valence-electron chi connectivity index (χ3n) is 5.83. The van der Waals surface area contributed by atoms with Crippen molar-refractivity contribution in [2.75, 3.05) is 0 Å². The van der Waals surface area contributed by atoms with Crippen LogP contribution in [0.25, 0.3) is 10.9 Å². The number of hydrogen-bond donors (Lipinski definition) is 1. The Morgan fingerprint density at radius 2 is 1.92 bits per heavy atom. The van der Waals surface area contributed by atoms with Crippen molar-refractivity contribution in [2.45, 2.75) is 52.1 Å². The van der Waals surface area contributed by atoms with E-state index in [4.69, 9.17) is 0 Å². The highest BCUT2D eigenvalue weighted by atomic mass is 16.2. The van der Waals surface area contributed by atoms with Gasteiger partial charge in [0, 0.05) is 12.0 Å². The molecule has 2 aliphatic rings. The van der Waals surface area contributed by atoms with Gasteiger partial charge in [-0.15, -0.1) is 0 Å². The van der Waals surface area contributed by atoms with Crippen LogP contribution in [0.4, 0.5) is 0 Å². The van der Waals surface area contributed by atoms with Crippen LogP contribution in [0.5, 0.6) is 0 Å². The summed E-state index contributed by atoms with van der Waals surface area (Å²) in [7, 11) is 0. The highest BCUT2D eigenvalue weighted by molar-refractivity contribution is 5.83. The summed E-state index contributed by atoms with van der Waals surface area (Å²) in [6.07, 6.45) is 4.90. The van der Waals surface area contributed by atoms with Crippen LogP contribution in [0.3, 0.4) is 0 Å². The van der Waals surface area contributed by atoms with Crippen LogP contribution in [0.1, 0.15) is 45.4 Å². The summed E-state index contributed by atoms with van der Waals surface area (Å²) < 4.78 is 0. The van der Waals surface area contributed by atoms with E-state index < -0.39 is 0 Å². The number of amides is 1. The van der Waals surface area contributed by atoms with E-state index in [9.17, 15) is 9.59 Å². The second-order valence-corrected chi connectivity index (χ2v) is 7.73. The average Bonchev–Trinajstić information content (AvgIpc) is 3.33. The molecule has 2 aromatic rings. The third-order valence-corrected chi connectivity index (χ3v) is 5.83. The number of nitrogens with zero attached hydrogens (tertiary/aromatic N) is 2. The number of aromatic nitrogens is 2. The minimum absolute atomic E-state index is 0.0897. The molecule has 0 bridgehead atoms. The molecule has 2 saturated carbocycles. The number of benzene rings is 1. The maximum atomic E-state index is 13.1. The Morgan fingerprint density at radius 1 is 1.24 bits per heavy atom. The van der Waals surface area contributed by atoms with Gasteiger partial charge in [-0.2, -0.15) is 0 Å². The lowest BCUT2D eigenvalue weighted by Crippen LogP contribution is -2.39. The van der Waals surface area contributed by atoms with E-state index in [-0.39, 0.29) is 23.4 Å². The second-order valence-electron chi connectivity index (χ2n) is 7.73. The highest BCUT2D eigenvalue weighted by Gasteiger charge is 2.55. The summed E-state index contributed by atoms with van der Waals surface area (Å²) in [5, 5.41) is 0.585. The highest BCUT2D eigenvalue weighted by Crippen LogP contribution is 2.56. The van der Waals surface area contributed by atoms with Gasteiger partial charge in [0.05, 0.1) is 17.4 Å². The number of carbonyl (C=O) groups excluding carboxylic acids is 1. The first-order chi connectivity index (χ1) is 12.1. The lowest BCUT2D eigenvalue weighted by molar-refractivity contribution is -0.135. The van der Waals surface area contributed by atoms with Crippen molar-refractivity contribution in [3.63, 3.8) is 0 Å². The van der Waals surface area contributed by atoms with Crippen molar-refractivity contribution in [1.29, 1.82) is 0 Å². The number of fused-ring (bicyclic) bond motifs is 2. The molecule has 0 spiro atoms. The van der Waals surface area contributed by atoms with Crippen molar-refractivity contribution >= 4 is 16.8 Å². The SMILES string of the molecule is CC(C)N(Cc1nc2ccccc2c(=O)[nH]1)C(=O)C1[C@H]2CCCC[C@@H]12. The molecular weight excluding hydrogens is 314 g/mol. The van der Waals surface area contributed by atoms with Gasteiger partial charge in [-0.05, 0) is 50.7 Å². The molecule has 5 heteroatoms. The molecule has 1 aromatic heterocycles. The molecule has 25 heavy (non-hydrogen) atoms. The number of aromatic amines is 1. The Bertz CT molecular complexity index is 845. The molecule has 1 amide bonds. The zero-order valence-corrected chi connectivity index (χ0v) is 14.9. The van der Waals surface area contributed by atoms with Crippen LogP contribution >= 0.6 is 0 Å². The predicted octanol–water partition coefficient (Wildman–Crippen LogP) is 3.10. The van der Waals surface area contributed by atoms with Crippen LogP contribution in [0, 0.1) is 17.8 Å². The minimum Gasteiger partial charge on any atom is -0.333 e. The quantitative estimate of drug-likeness (QED) is 0.931. The maximum absolute atomic E-state index is 13.1. The Balaban J connectivity index is 1.58. The molecule has 0 saturated heterocycles. The molecule has 0 radical (unpaired) electrons.